The van der Waals surface area contributed by atoms with Gasteiger partial charge in [-0.3, -0.25) is 0 Å². The average Bonchev–Trinajstić information content (AvgIpc) is 2.38. The van der Waals surface area contributed by atoms with Gasteiger partial charge >= 0.3 is 5.97 Å². The van der Waals surface area contributed by atoms with Crippen molar-refractivity contribution in [2.45, 2.75) is 24.5 Å². The Kier molecular flexibility index (Phi) is 4.36. The molecule has 0 spiro atoms. The fraction of sp³-hybridized carbons (Fsp3) is 0.462. The summed E-state index contributed by atoms with van der Waals surface area (Å²) in [6.45, 7) is 0.845. The van der Waals surface area contributed by atoms with Crippen LogP contribution in [0.25, 0.3) is 0 Å². The molecule has 4 nitrogen and oxygen atoms in total. The highest BCUT2D eigenvalue weighted by atomic mass is 32.2. The average molecular weight is 266 g/mol. The molecule has 4 N–H and O–H groups in total. The Labute approximate surface area is 111 Å². The Morgan fingerprint density at radius 2 is 2.33 bits per heavy atom. The van der Waals surface area contributed by atoms with E-state index in [2.05, 4.69) is 5.32 Å². The van der Waals surface area contributed by atoms with Crippen LogP contribution < -0.4 is 11.1 Å². The number of thioether (sulfide) groups is 1. The number of carboxylic acid groups (broad SMARTS) is 1. The minimum Gasteiger partial charge on any atom is -0.478 e. The van der Waals surface area contributed by atoms with Crippen molar-refractivity contribution in [2.75, 3.05) is 23.3 Å². The number of anilines is 2. The number of aromatic carboxylic acids is 1. The van der Waals surface area contributed by atoms with Gasteiger partial charge in [-0.15, -0.1) is 0 Å². The molecule has 1 aromatic carbocycles. The molecule has 1 unspecified atom stereocenters. The number of hydrogen-bond donors (Lipinski definition) is 3. The molecule has 1 heterocycles. The molecule has 0 bridgehead atoms. The van der Waals surface area contributed by atoms with Crippen LogP contribution in [0.5, 0.6) is 0 Å². The molecular weight excluding hydrogens is 248 g/mol. The molecule has 0 aromatic heterocycles. The van der Waals surface area contributed by atoms with Crippen LogP contribution >= 0.6 is 11.8 Å². The number of nitrogens with two attached hydrogens (primary N) is 1. The van der Waals surface area contributed by atoms with Gasteiger partial charge in [0.15, 0.2) is 0 Å². The maximum atomic E-state index is 10.9. The molecule has 98 valence electrons. The Hall–Kier alpha value is -1.36. The second-order valence-corrected chi connectivity index (χ2v) is 5.88. The molecule has 1 aromatic rings. The van der Waals surface area contributed by atoms with Crippen molar-refractivity contribution in [1.82, 2.24) is 0 Å². The fourth-order valence-corrected chi connectivity index (χ4v) is 3.27. The summed E-state index contributed by atoms with van der Waals surface area (Å²) in [5.74, 6) is 0.293. The van der Waals surface area contributed by atoms with Crippen molar-refractivity contribution < 1.29 is 9.90 Å². The summed E-state index contributed by atoms with van der Waals surface area (Å²) in [7, 11) is 0. The van der Waals surface area contributed by atoms with Crippen LogP contribution in [-0.2, 0) is 0 Å². The third kappa shape index (κ3) is 3.32. The molecule has 0 aliphatic carbocycles. The highest BCUT2D eigenvalue weighted by Gasteiger charge is 2.14. The summed E-state index contributed by atoms with van der Waals surface area (Å²) < 4.78 is 0. The van der Waals surface area contributed by atoms with Crippen LogP contribution in [0, 0.1) is 0 Å². The largest absolute Gasteiger partial charge is 0.478 e. The van der Waals surface area contributed by atoms with E-state index in [0.717, 1.165) is 12.2 Å². The first kappa shape index (κ1) is 13.1. The predicted octanol–water partition coefficient (Wildman–Crippen LogP) is 2.66. The Bertz CT molecular complexity index is 431. The molecule has 0 saturated carbocycles. The summed E-state index contributed by atoms with van der Waals surface area (Å²) in [5.41, 5.74) is 7.43. The second kappa shape index (κ2) is 6.00. The van der Waals surface area contributed by atoms with Crippen LogP contribution in [0.15, 0.2) is 18.2 Å². The molecule has 1 aliphatic heterocycles. The first-order valence-corrected chi connectivity index (χ1v) is 7.20. The monoisotopic (exact) mass is 266 g/mol. The number of hydrogen-bond acceptors (Lipinski definition) is 4. The molecule has 0 amide bonds. The molecular formula is C13H18N2O2S. The van der Waals surface area contributed by atoms with E-state index >= 15 is 0 Å². The zero-order valence-electron chi connectivity index (χ0n) is 10.2. The SMILES string of the molecule is Nc1ccc(C(=O)O)cc1NCC1CCCCS1. The number of nitrogen functional groups attached to an aromatic ring is 1. The molecule has 2 rings (SSSR count). The van der Waals surface area contributed by atoms with Crippen LogP contribution in [0.4, 0.5) is 11.4 Å². The van der Waals surface area contributed by atoms with Crippen molar-refractivity contribution in [3.05, 3.63) is 23.8 Å². The summed E-state index contributed by atoms with van der Waals surface area (Å²) in [6, 6.07) is 4.77. The van der Waals surface area contributed by atoms with E-state index in [-0.39, 0.29) is 5.56 Å². The third-order valence-electron chi connectivity index (χ3n) is 3.09. The van der Waals surface area contributed by atoms with Gasteiger partial charge in [0.25, 0.3) is 0 Å². The van der Waals surface area contributed by atoms with E-state index in [4.69, 9.17) is 10.8 Å². The predicted molar refractivity (Wildman–Crippen MR) is 76.4 cm³/mol. The van der Waals surface area contributed by atoms with Crippen LogP contribution in [0.3, 0.4) is 0 Å². The Morgan fingerprint density at radius 1 is 1.50 bits per heavy atom. The molecule has 18 heavy (non-hydrogen) atoms. The zero-order valence-corrected chi connectivity index (χ0v) is 11.0. The molecule has 1 fully saturated rings. The lowest BCUT2D eigenvalue weighted by atomic mass is 10.1. The summed E-state index contributed by atoms with van der Waals surface area (Å²) in [5, 5.41) is 12.8. The van der Waals surface area contributed by atoms with Crippen LogP contribution in [0.2, 0.25) is 0 Å². The summed E-state index contributed by atoms with van der Waals surface area (Å²) in [6.07, 6.45) is 3.80. The number of nitrogens with one attached hydrogen (secondary N) is 1. The Balaban J connectivity index is 1.99. The summed E-state index contributed by atoms with van der Waals surface area (Å²) in [4.78, 5) is 10.9. The van der Waals surface area contributed by atoms with E-state index in [1.54, 1.807) is 12.1 Å². The smallest absolute Gasteiger partial charge is 0.335 e. The van der Waals surface area contributed by atoms with Crippen molar-refractivity contribution in [3.8, 4) is 0 Å². The van der Waals surface area contributed by atoms with E-state index in [1.165, 1.54) is 31.1 Å². The van der Waals surface area contributed by atoms with E-state index in [1.807, 2.05) is 11.8 Å². The van der Waals surface area contributed by atoms with Gasteiger partial charge in [0.05, 0.1) is 16.9 Å². The fourth-order valence-electron chi connectivity index (χ4n) is 2.03. The molecule has 1 aliphatic rings. The van der Waals surface area contributed by atoms with Gasteiger partial charge in [0.1, 0.15) is 0 Å². The van der Waals surface area contributed by atoms with Crippen molar-refractivity contribution >= 4 is 29.1 Å². The number of benzene rings is 1. The van der Waals surface area contributed by atoms with Gasteiger partial charge in [-0.2, -0.15) is 11.8 Å². The lowest BCUT2D eigenvalue weighted by molar-refractivity contribution is 0.0697. The standard InChI is InChI=1S/C13H18N2O2S/c14-11-5-4-9(13(16)17)7-12(11)15-8-10-3-1-2-6-18-10/h4-5,7,10,15H,1-3,6,8,14H2,(H,16,17). The normalized spacial score (nSPS) is 19.4. The first-order chi connectivity index (χ1) is 8.66. The van der Waals surface area contributed by atoms with Gasteiger partial charge in [0, 0.05) is 11.8 Å². The maximum Gasteiger partial charge on any atom is 0.335 e. The molecule has 5 heteroatoms. The lowest BCUT2D eigenvalue weighted by Gasteiger charge is -2.22. The molecule has 0 radical (unpaired) electrons. The third-order valence-corrected chi connectivity index (χ3v) is 4.49. The van der Waals surface area contributed by atoms with Gasteiger partial charge < -0.3 is 16.2 Å². The molecule has 1 atom stereocenters. The minimum absolute atomic E-state index is 0.267. The Morgan fingerprint density at radius 3 is 3.00 bits per heavy atom. The quantitative estimate of drug-likeness (QED) is 0.730. The highest BCUT2D eigenvalue weighted by molar-refractivity contribution is 7.99. The van der Waals surface area contributed by atoms with Gasteiger partial charge in [-0.25, -0.2) is 4.79 Å². The van der Waals surface area contributed by atoms with Crippen molar-refractivity contribution in [3.63, 3.8) is 0 Å². The topological polar surface area (TPSA) is 75.4 Å². The van der Waals surface area contributed by atoms with Crippen molar-refractivity contribution in [2.24, 2.45) is 0 Å². The van der Waals surface area contributed by atoms with Crippen LogP contribution in [-0.4, -0.2) is 28.6 Å². The van der Waals surface area contributed by atoms with Crippen LogP contribution in [0.1, 0.15) is 29.6 Å². The number of carboxylic acids is 1. The number of rotatable bonds is 4. The highest BCUT2D eigenvalue weighted by Crippen LogP contribution is 2.26. The molecule has 1 saturated heterocycles. The van der Waals surface area contributed by atoms with E-state index < -0.39 is 5.97 Å². The maximum absolute atomic E-state index is 10.9. The zero-order chi connectivity index (χ0) is 13.0. The summed E-state index contributed by atoms with van der Waals surface area (Å²) >= 11 is 1.98. The van der Waals surface area contributed by atoms with Gasteiger partial charge in [-0.05, 0) is 36.8 Å². The number of carbonyl (C=O) groups is 1. The van der Waals surface area contributed by atoms with E-state index in [9.17, 15) is 4.79 Å². The first-order valence-electron chi connectivity index (χ1n) is 6.15. The van der Waals surface area contributed by atoms with E-state index in [0.29, 0.717) is 10.9 Å². The van der Waals surface area contributed by atoms with Crippen molar-refractivity contribution in [1.29, 1.82) is 0 Å². The lowest BCUT2D eigenvalue weighted by Crippen LogP contribution is -2.20. The second-order valence-electron chi connectivity index (χ2n) is 4.48. The van der Waals surface area contributed by atoms with Gasteiger partial charge in [0.2, 0.25) is 0 Å². The van der Waals surface area contributed by atoms with Gasteiger partial charge in [-0.1, -0.05) is 6.42 Å². The minimum atomic E-state index is -0.926.